The predicted octanol–water partition coefficient (Wildman–Crippen LogP) is 1.69. The van der Waals surface area contributed by atoms with Crippen LogP contribution in [0.15, 0.2) is 18.2 Å². The number of aliphatic hydroxyl groups excluding tert-OH is 1. The van der Waals surface area contributed by atoms with Crippen molar-refractivity contribution in [2.24, 2.45) is 5.41 Å². The lowest BCUT2D eigenvalue weighted by Crippen LogP contribution is -2.19. The normalized spacial score (nSPS) is 40.2. The molecule has 1 aliphatic heterocycles. The third kappa shape index (κ3) is 0.767. The van der Waals surface area contributed by atoms with E-state index >= 15 is 0 Å². The highest BCUT2D eigenvalue weighted by Gasteiger charge is 2.84. The van der Waals surface area contributed by atoms with Crippen molar-refractivity contribution in [3.05, 3.63) is 29.3 Å². The van der Waals surface area contributed by atoms with Crippen molar-refractivity contribution in [3.63, 3.8) is 0 Å². The van der Waals surface area contributed by atoms with Crippen LogP contribution in [0.2, 0.25) is 0 Å². The van der Waals surface area contributed by atoms with Gasteiger partial charge in [-0.25, -0.2) is 0 Å². The molecule has 0 atom stereocenters. The fraction of sp³-hybridized carbons (Fsp3) is 0.533. The zero-order valence-corrected chi connectivity index (χ0v) is 10.1. The number of aliphatic hydroxyl groups is 1. The molecule has 2 N–H and O–H groups in total. The molecule has 3 nitrogen and oxygen atoms in total. The molecule has 1 spiro atoms. The first-order chi connectivity index (χ1) is 8.68. The summed E-state index contributed by atoms with van der Waals surface area (Å²) in [4.78, 5) is 12.1. The largest absolute Gasteiger partial charge is 0.396 e. The average molecular weight is 241 g/mol. The number of hydrogen-bond donors (Lipinski definition) is 2. The molecule has 92 valence electrons. The molecule has 1 amide bonds. The second-order valence-electron chi connectivity index (χ2n) is 6.64. The molecule has 18 heavy (non-hydrogen) atoms. The number of amides is 1. The Hall–Kier alpha value is -1.35. The van der Waals surface area contributed by atoms with Gasteiger partial charge >= 0.3 is 0 Å². The van der Waals surface area contributed by atoms with Gasteiger partial charge in [0.25, 0.3) is 0 Å². The van der Waals surface area contributed by atoms with Gasteiger partial charge in [-0.05, 0) is 42.9 Å². The molecule has 1 heterocycles. The summed E-state index contributed by atoms with van der Waals surface area (Å²) >= 11 is 0. The Morgan fingerprint density at radius 1 is 1.28 bits per heavy atom. The van der Waals surface area contributed by atoms with E-state index in [0.29, 0.717) is 6.61 Å². The Labute approximate surface area is 105 Å². The summed E-state index contributed by atoms with van der Waals surface area (Å²) in [6.07, 6.45) is 4.20. The summed E-state index contributed by atoms with van der Waals surface area (Å²) in [6, 6.07) is 6.25. The number of carbonyl (C=O) groups excluding carboxylic acids is 1. The lowest BCUT2D eigenvalue weighted by atomic mass is 9.87. The van der Waals surface area contributed by atoms with E-state index in [1.54, 1.807) is 0 Å². The van der Waals surface area contributed by atoms with E-state index in [1.165, 1.54) is 11.1 Å². The lowest BCUT2D eigenvalue weighted by Gasteiger charge is -2.13. The Morgan fingerprint density at radius 2 is 2.06 bits per heavy atom. The zero-order valence-electron chi connectivity index (χ0n) is 10.1. The summed E-state index contributed by atoms with van der Waals surface area (Å²) in [5.74, 6) is 0.192. The number of rotatable bonds is 2. The molecule has 0 unspecified atom stereocenters. The quantitative estimate of drug-likeness (QED) is 0.828. The Morgan fingerprint density at radius 3 is 2.67 bits per heavy atom. The fourth-order valence-corrected chi connectivity index (χ4v) is 4.28. The summed E-state index contributed by atoms with van der Waals surface area (Å²) in [6.45, 7) is 0.297. The SMILES string of the molecule is O=C1Nc2cccc(C34CC3(CO)C4)c2C12CC2. The molecular formula is C15H15NO2. The van der Waals surface area contributed by atoms with Crippen molar-refractivity contribution < 1.29 is 9.90 Å². The first-order valence-corrected chi connectivity index (χ1v) is 6.74. The topological polar surface area (TPSA) is 49.3 Å². The van der Waals surface area contributed by atoms with Crippen LogP contribution in [0.3, 0.4) is 0 Å². The van der Waals surface area contributed by atoms with Gasteiger partial charge in [0.1, 0.15) is 0 Å². The summed E-state index contributed by atoms with van der Waals surface area (Å²) < 4.78 is 0. The molecule has 4 aliphatic rings. The van der Waals surface area contributed by atoms with E-state index < -0.39 is 0 Å². The number of benzene rings is 1. The molecule has 0 saturated heterocycles. The fourth-order valence-electron chi connectivity index (χ4n) is 4.28. The van der Waals surface area contributed by atoms with Crippen LogP contribution in [0.25, 0.3) is 0 Å². The van der Waals surface area contributed by atoms with Crippen LogP contribution in [-0.2, 0) is 15.6 Å². The van der Waals surface area contributed by atoms with E-state index in [2.05, 4.69) is 11.4 Å². The van der Waals surface area contributed by atoms with E-state index in [1.807, 2.05) is 12.1 Å². The maximum Gasteiger partial charge on any atom is 0.235 e. The van der Waals surface area contributed by atoms with Crippen molar-refractivity contribution in [3.8, 4) is 0 Å². The van der Waals surface area contributed by atoms with Gasteiger partial charge in [-0.3, -0.25) is 4.79 Å². The molecule has 5 rings (SSSR count). The van der Waals surface area contributed by atoms with Gasteiger partial charge in [-0.15, -0.1) is 0 Å². The molecule has 3 aliphatic carbocycles. The smallest absolute Gasteiger partial charge is 0.235 e. The van der Waals surface area contributed by atoms with Crippen molar-refractivity contribution in [2.75, 3.05) is 11.9 Å². The molecule has 3 saturated carbocycles. The maximum atomic E-state index is 12.1. The van der Waals surface area contributed by atoms with Gasteiger partial charge in [-0.1, -0.05) is 12.1 Å². The first-order valence-electron chi connectivity index (χ1n) is 6.74. The van der Waals surface area contributed by atoms with Gasteiger partial charge in [0.05, 0.1) is 5.41 Å². The van der Waals surface area contributed by atoms with Crippen molar-refractivity contribution in [1.82, 2.24) is 0 Å². The van der Waals surface area contributed by atoms with Crippen LogP contribution < -0.4 is 5.32 Å². The molecule has 3 heteroatoms. The minimum Gasteiger partial charge on any atom is -0.396 e. The van der Waals surface area contributed by atoms with Gasteiger partial charge in [0.2, 0.25) is 5.91 Å². The number of nitrogens with one attached hydrogen (secondary N) is 1. The summed E-state index contributed by atoms with van der Waals surface area (Å²) in [5, 5.41) is 12.5. The zero-order chi connectivity index (χ0) is 12.2. The molecule has 0 bridgehead atoms. The number of anilines is 1. The second-order valence-corrected chi connectivity index (χ2v) is 6.64. The Balaban J connectivity index is 1.72. The van der Waals surface area contributed by atoms with Crippen molar-refractivity contribution >= 4 is 11.6 Å². The minimum absolute atomic E-state index is 0.170. The summed E-state index contributed by atoms with van der Waals surface area (Å²) in [5.41, 5.74) is 3.83. The third-order valence-electron chi connectivity index (χ3n) is 5.84. The monoisotopic (exact) mass is 241 g/mol. The number of carbonyl (C=O) groups is 1. The Bertz CT molecular complexity index is 609. The van der Waals surface area contributed by atoms with E-state index in [0.717, 1.165) is 31.4 Å². The molecule has 0 radical (unpaired) electrons. The van der Waals surface area contributed by atoms with Gasteiger partial charge in [0, 0.05) is 23.1 Å². The second kappa shape index (κ2) is 2.37. The van der Waals surface area contributed by atoms with E-state index in [4.69, 9.17) is 0 Å². The molecular weight excluding hydrogens is 226 g/mol. The van der Waals surface area contributed by atoms with Crippen LogP contribution in [0.5, 0.6) is 0 Å². The van der Waals surface area contributed by atoms with Gasteiger partial charge in [-0.2, -0.15) is 0 Å². The molecule has 1 aromatic rings. The third-order valence-corrected chi connectivity index (χ3v) is 5.84. The van der Waals surface area contributed by atoms with Crippen LogP contribution in [0.4, 0.5) is 5.69 Å². The van der Waals surface area contributed by atoms with E-state index in [-0.39, 0.29) is 22.2 Å². The van der Waals surface area contributed by atoms with Gasteiger partial charge in [0.15, 0.2) is 0 Å². The highest BCUT2D eigenvalue weighted by Crippen LogP contribution is 2.86. The first kappa shape index (κ1) is 9.56. The molecule has 1 aromatic carbocycles. The number of fused-ring (bicyclic) bond motifs is 3. The predicted molar refractivity (Wildman–Crippen MR) is 66.4 cm³/mol. The highest BCUT2D eigenvalue weighted by atomic mass is 16.3. The Kier molecular flexibility index (Phi) is 1.26. The van der Waals surface area contributed by atoms with Crippen molar-refractivity contribution in [2.45, 2.75) is 36.5 Å². The van der Waals surface area contributed by atoms with Crippen LogP contribution >= 0.6 is 0 Å². The van der Waals surface area contributed by atoms with Crippen LogP contribution in [0.1, 0.15) is 36.8 Å². The van der Waals surface area contributed by atoms with Crippen LogP contribution in [0, 0.1) is 5.41 Å². The lowest BCUT2D eigenvalue weighted by molar-refractivity contribution is -0.117. The molecule has 3 fully saturated rings. The maximum absolute atomic E-state index is 12.1. The standard InChI is InChI=1S/C15H15NO2/c17-8-13-6-15(13,7-13)9-2-1-3-10-11(9)14(4-5-14)12(18)16-10/h1-3,17H,4-8H2,(H,16,18). The highest BCUT2D eigenvalue weighted by molar-refractivity contribution is 6.09. The molecule has 0 aromatic heterocycles. The summed E-state index contributed by atoms with van der Waals surface area (Å²) in [7, 11) is 0. The van der Waals surface area contributed by atoms with Crippen LogP contribution in [-0.4, -0.2) is 17.6 Å². The minimum atomic E-state index is -0.201. The van der Waals surface area contributed by atoms with E-state index in [9.17, 15) is 9.90 Å². The van der Waals surface area contributed by atoms with Crippen molar-refractivity contribution in [1.29, 1.82) is 0 Å². The number of hydrogen-bond acceptors (Lipinski definition) is 2. The average Bonchev–Trinajstić information content (AvgIpc) is 3.22. The van der Waals surface area contributed by atoms with Gasteiger partial charge < -0.3 is 10.4 Å².